The van der Waals surface area contributed by atoms with Crippen molar-refractivity contribution in [3.8, 4) is 11.5 Å². The average molecular weight is 653 g/mol. The molecular formula is C35H32N4O5S2. The predicted octanol–water partition coefficient (Wildman–Crippen LogP) is 7.58. The molecule has 1 aliphatic rings. The van der Waals surface area contributed by atoms with E-state index < -0.39 is 17.7 Å². The lowest BCUT2D eigenvalue weighted by Crippen LogP contribution is -2.29. The number of pyridine rings is 1. The Hall–Kier alpha value is -4.74. The number of carbonyl (C=O) groups excluding carboxylic acids is 2. The molecule has 1 unspecified atom stereocenters. The van der Waals surface area contributed by atoms with E-state index in [0.29, 0.717) is 39.3 Å². The average Bonchev–Trinajstić information content (AvgIpc) is 3.67. The number of thioether (sulfide) groups is 1. The lowest BCUT2D eigenvalue weighted by atomic mass is 9.95. The number of unbranched alkanes of at least 4 members (excludes halogenated alkanes) is 2. The fourth-order valence-corrected chi connectivity index (χ4v) is 7.31. The normalized spacial score (nSPS) is 15.9. The fourth-order valence-electron chi connectivity index (χ4n) is 5.43. The molecule has 0 radical (unpaired) electrons. The number of anilines is 1. The van der Waals surface area contributed by atoms with Crippen molar-refractivity contribution in [3.05, 3.63) is 107 Å². The summed E-state index contributed by atoms with van der Waals surface area (Å²) in [4.78, 5) is 32.6. The van der Waals surface area contributed by atoms with Crippen molar-refractivity contribution >= 4 is 56.5 Å². The molecule has 3 aromatic carbocycles. The summed E-state index contributed by atoms with van der Waals surface area (Å²) in [6, 6.07) is 21.8. The topological polar surface area (TPSA) is 115 Å². The Morgan fingerprint density at radius 2 is 1.78 bits per heavy atom. The van der Waals surface area contributed by atoms with Crippen LogP contribution >= 0.6 is 23.1 Å². The molecule has 0 aliphatic carbocycles. The molecule has 1 atom stereocenters. The molecule has 1 N–H and O–H groups in total. The molecule has 0 spiro atoms. The van der Waals surface area contributed by atoms with Gasteiger partial charge < -0.3 is 14.6 Å². The zero-order valence-corrected chi connectivity index (χ0v) is 27.0. The minimum atomic E-state index is -0.986. The predicted molar refractivity (Wildman–Crippen MR) is 180 cm³/mol. The number of rotatable bonds is 12. The minimum Gasteiger partial charge on any atom is -0.507 e. The van der Waals surface area contributed by atoms with Gasteiger partial charge in [-0.3, -0.25) is 19.5 Å². The van der Waals surface area contributed by atoms with Gasteiger partial charge >= 0.3 is 5.91 Å². The first-order valence-electron chi connectivity index (χ1n) is 14.9. The number of methoxy groups -OCH3 is 1. The van der Waals surface area contributed by atoms with Crippen LogP contribution in [0.3, 0.4) is 0 Å². The summed E-state index contributed by atoms with van der Waals surface area (Å²) >= 11 is 2.73. The largest absolute Gasteiger partial charge is 0.507 e. The van der Waals surface area contributed by atoms with Crippen molar-refractivity contribution in [3.63, 3.8) is 0 Å². The summed E-state index contributed by atoms with van der Waals surface area (Å²) in [6.45, 7) is 2.66. The van der Waals surface area contributed by atoms with Gasteiger partial charge in [-0.15, -0.1) is 10.2 Å². The van der Waals surface area contributed by atoms with Crippen molar-refractivity contribution in [1.29, 1.82) is 0 Å². The highest BCUT2D eigenvalue weighted by Crippen LogP contribution is 2.45. The summed E-state index contributed by atoms with van der Waals surface area (Å²) in [5, 5.41) is 22.7. The first kappa shape index (κ1) is 31.3. The van der Waals surface area contributed by atoms with Crippen LogP contribution in [0.5, 0.6) is 11.5 Å². The van der Waals surface area contributed by atoms with E-state index in [-0.39, 0.29) is 16.5 Å². The van der Waals surface area contributed by atoms with E-state index in [9.17, 15) is 14.7 Å². The number of ether oxygens (including phenoxy) is 2. The second-order valence-electron chi connectivity index (χ2n) is 10.6. The Morgan fingerprint density at radius 3 is 2.59 bits per heavy atom. The number of Topliss-reactive ketones (excluding diaryl/α,β-unsaturated/α-hetero) is 1. The third kappa shape index (κ3) is 6.33. The van der Waals surface area contributed by atoms with Crippen LogP contribution in [0.2, 0.25) is 0 Å². The molecule has 5 aromatic rings. The lowest BCUT2D eigenvalue weighted by molar-refractivity contribution is -0.132. The van der Waals surface area contributed by atoms with Gasteiger partial charge in [0.2, 0.25) is 5.13 Å². The van der Waals surface area contributed by atoms with Crippen LogP contribution in [0.1, 0.15) is 48.9 Å². The second-order valence-corrected chi connectivity index (χ2v) is 12.8. The second kappa shape index (κ2) is 14.1. The number of aromatic nitrogens is 3. The minimum absolute atomic E-state index is 0.0602. The van der Waals surface area contributed by atoms with E-state index >= 15 is 0 Å². The van der Waals surface area contributed by atoms with Gasteiger partial charge in [0.05, 0.1) is 25.3 Å². The maximum Gasteiger partial charge on any atom is 0.301 e. The lowest BCUT2D eigenvalue weighted by Gasteiger charge is -2.23. The Morgan fingerprint density at radius 1 is 0.978 bits per heavy atom. The van der Waals surface area contributed by atoms with Crippen LogP contribution in [-0.4, -0.2) is 45.7 Å². The van der Waals surface area contributed by atoms with E-state index in [0.717, 1.165) is 35.6 Å². The maximum absolute atomic E-state index is 13.7. The Labute approximate surface area is 274 Å². The van der Waals surface area contributed by atoms with Gasteiger partial charge in [-0.05, 0) is 52.6 Å². The molecule has 11 heteroatoms. The Balaban J connectivity index is 1.36. The molecule has 1 fully saturated rings. The quantitative estimate of drug-likeness (QED) is 0.0364. The molecule has 2 aromatic heterocycles. The van der Waals surface area contributed by atoms with E-state index in [2.05, 4.69) is 46.4 Å². The van der Waals surface area contributed by atoms with Crippen LogP contribution in [0.4, 0.5) is 5.13 Å². The molecule has 46 heavy (non-hydrogen) atoms. The molecule has 0 bridgehead atoms. The number of aliphatic hydroxyl groups is 1. The monoisotopic (exact) mass is 652 g/mol. The zero-order valence-electron chi connectivity index (χ0n) is 25.4. The standard InChI is InChI=1S/C35H32N4O5S2/c1-3-4-7-19-44-27-14-13-24(20-28(27)43-2)30-29(31(40)23-15-17-36-18-16-23)32(41)33(42)39(30)34-37-38-35(46-34)45-21-25-11-8-10-22-9-5-6-12-26(22)25/h5-6,8-18,20,30,40H,3-4,7,19,21H2,1-2H3/b31-29+. The Kier molecular flexibility index (Phi) is 9.60. The van der Waals surface area contributed by atoms with Gasteiger partial charge in [-0.25, -0.2) is 0 Å². The number of benzene rings is 3. The fraction of sp³-hybridized carbons (Fsp3) is 0.229. The van der Waals surface area contributed by atoms with Crippen LogP contribution < -0.4 is 14.4 Å². The number of fused-ring (bicyclic) bond motifs is 1. The van der Waals surface area contributed by atoms with Crippen molar-refractivity contribution in [2.45, 2.75) is 42.3 Å². The first-order valence-corrected chi connectivity index (χ1v) is 16.8. The number of aliphatic hydroxyl groups excluding tert-OH is 1. The molecule has 9 nitrogen and oxygen atoms in total. The van der Waals surface area contributed by atoms with E-state index in [1.165, 1.54) is 47.5 Å². The van der Waals surface area contributed by atoms with Gasteiger partial charge in [0, 0.05) is 23.7 Å². The summed E-state index contributed by atoms with van der Waals surface area (Å²) in [5.41, 5.74) is 2.01. The van der Waals surface area contributed by atoms with Crippen LogP contribution in [0, 0.1) is 0 Å². The van der Waals surface area contributed by atoms with Crippen LogP contribution in [-0.2, 0) is 15.3 Å². The third-order valence-electron chi connectivity index (χ3n) is 7.74. The molecule has 1 aliphatic heterocycles. The van der Waals surface area contributed by atoms with Gasteiger partial charge in [0.15, 0.2) is 15.8 Å². The Bertz CT molecular complexity index is 1900. The number of carbonyl (C=O) groups is 2. The number of hydrogen-bond donors (Lipinski definition) is 1. The zero-order chi connectivity index (χ0) is 32.0. The van der Waals surface area contributed by atoms with E-state index in [1.807, 2.05) is 18.2 Å². The van der Waals surface area contributed by atoms with Crippen molar-refractivity contribution < 1.29 is 24.2 Å². The van der Waals surface area contributed by atoms with Crippen molar-refractivity contribution in [1.82, 2.24) is 15.2 Å². The molecule has 6 rings (SSSR count). The third-order valence-corrected chi connectivity index (χ3v) is 9.84. The number of nitrogens with zero attached hydrogens (tertiary/aromatic N) is 4. The van der Waals surface area contributed by atoms with Crippen LogP contribution in [0.15, 0.2) is 95.1 Å². The van der Waals surface area contributed by atoms with E-state index in [4.69, 9.17) is 9.47 Å². The SMILES string of the molecule is CCCCCOc1ccc(C2/C(=C(\O)c3ccncc3)C(=O)C(=O)N2c2nnc(SCc3cccc4ccccc34)s2)cc1OC. The van der Waals surface area contributed by atoms with Crippen molar-refractivity contribution in [2.24, 2.45) is 0 Å². The summed E-state index contributed by atoms with van der Waals surface area (Å²) in [7, 11) is 1.54. The smallest absolute Gasteiger partial charge is 0.301 e. The number of amides is 1. The van der Waals surface area contributed by atoms with Gasteiger partial charge in [-0.1, -0.05) is 91.4 Å². The van der Waals surface area contributed by atoms with Crippen molar-refractivity contribution in [2.75, 3.05) is 18.6 Å². The summed E-state index contributed by atoms with van der Waals surface area (Å²) in [6.07, 6.45) is 6.06. The summed E-state index contributed by atoms with van der Waals surface area (Å²) in [5.74, 6) is -0.276. The highest BCUT2D eigenvalue weighted by atomic mass is 32.2. The number of ketones is 1. The molecule has 3 heterocycles. The summed E-state index contributed by atoms with van der Waals surface area (Å²) < 4.78 is 12.3. The number of hydrogen-bond acceptors (Lipinski definition) is 10. The molecular weight excluding hydrogens is 621 g/mol. The van der Waals surface area contributed by atoms with Crippen LogP contribution in [0.25, 0.3) is 16.5 Å². The highest BCUT2D eigenvalue weighted by molar-refractivity contribution is 8.00. The van der Waals surface area contributed by atoms with E-state index in [1.54, 1.807) is 30.3 Å². The molecule has 1 saturated heterocycles. The van der Waals surface area contributed by atoms with Gasteiger partial charge in [-0.2, -0.15) is 0 Å². The highest BCUT2D eigenvalue weighted by Gasteiger charge is 2.48. The first-order chi connectivity index (χ1) is 22.5. The van der Waals surface area contributed by atoms with Gasteiger partial charge in [0.1, 0.15) is 5.76 Å². The molecule has 1 amide bonds. The van der Waals surface area contributed by atoms with Gasteiger partial charge in [0.25, 0.3) is 5.78 Å². The maximum atomic E-state index is 13.7. The molecule has 0 saturated carbocycles. The molecule has 234 valence electrons.